The first-order valence-electron chi connectivity index (χ1n) is 11.1. The quantitative estimate of drug-likeness (QED) is 0.356. The molecule has 0 saturated heterocycles. The third-order valence-electron chi connectivity index (χ3n) is 5.17. The fourth-order valence-electron chi connectivity index (χ4n) is 3.52. The predicted octanol–water partition coefficient (Wildman–Crippen LogP) is 5.26. The number of unbranched alkanes of at least 4 members (excludes halogenated alkanes) is 1. The molecule has 0 radical (unpaired) electrons. The van der Waals surface area contributed by atoms with Crippen LogP contribution < -0.4 is 9.44 Å². The first-order chi connectivity index (χ1) is 15.9. The van der Waals surface area contributed by atoms with E-state index in [4.69, 9.17) is 16.3 Å². The van der Waals surface area contributed by atoms with Crippen LogP contribution in [0.3, 0.4) is 0 Å². The summed E-state index contributed by atoms with van der Waals surface area (Å²) in [6.45, 7) is 6.36. The van der Waals surface area contributed by atoms with Crippen LogP contribution in [-0.4, -0.2) is 43.9 Å². The summed E-state index contributed by atoms with van der Waals surface area (Å²) in [5.74, 6) is -0.0891. The van der Waals surface area contributed by atoms with Crippen molar-refractivity contribution in [2.75, 3.05) is 22.5 Å². The molecule has 10 heteroatoms. The van der Waals surface area contributed by atoms with Crippen molar-refractivity contribution in [1.82, 2.24) is 4.90 Å². The van der Waals surface area contributed by atoms with Gasteiger partial charge in [-0.2, -0.15) is 8.42 Å². The average molecular weight is 508 g/mol. The summed E-state index contributed by atoms with van der Waals surface area (Å²) in [5, 5.41) is 0.657. The van der Waals surface area contributed by atoms with Crippen molar-refractivity contribution in [3.63, 3.8) is 0 Å². The number of carbonyl (C=O) groups excluding carboxylic acids is 2. The Balaban J connectivity index is 1.54. The van der Waals surface area contributed by atoms with Gasteiger partial charge in [0.1, 0.15) is 5.60 Å². The second-order valence-electron chi connectivity index (χ2n) is 9.16. The van der Waals surface area contributed by atoms with Gasteiger partial charge in [-0.1, -0.05) is 29.8 Å². The number of ether oxygens (including phenoxy) is 1. The van der Waals surface area contributed by atoms with Crippen molar-refractivity contribution in [3.05, 3.63) is 58.6 Å². The van der Waals surface area contributed by atoms with Crippen molar-refractivity contribution in [2.24, 2.45) is 0 Å². The number of nitrogens with one attached hydrogen (secondary N) is 2. The molecule has 2 aromatic rings. The third kappa shape index (κ3) is 7.36. The van der Waals surface area contributed by atoms with Crippen LogP contribution >= 0.6 is 11.6 Å². The molecule has 0 spiro atoms. The molecular formula is C24H30ClN3O5S. The zero-order valence-electron chi connectivity index (χ0n) is 19.6. The second-order valence-corrected chi connectivity index (χ2v) is 11.0. The van der Waals surface area contributed by atoms with Crippen LogP contribution in [0.4, 0.5) is 16.2 Å². The Morgan fingerprint density at radius 3 is 2.41 bits per heavy atom. The topological polar surface area (TPSA) is 105 Å². The molecule has 0 aromatic heterocycles. The Labute approximate surface area is 205 Å². The highest BCUT2D eigenvalue weighted by atomic mass is 35.5. The zero-order valence-corrected chi connectivity index (χ0v) is 21.1. The van der Waals surface area contributed by atoms with E-state index in [0.717, 1.165) is 5.56 Å². The summed E-state index contributed by atoms with van der Waals surface area (Å²) in [6, 6.07) is 12.2. The number of benzene rings is 2. The van der Waals surface area contributed by atoms with E-state index >= 15 is 0 Å². The molecule has 1 amide bonds. The van der Waals surface area contributed by atoms with E-state index < -0.39 is 21.9 Å². The summed E-state index contributed by atoms with van der Waals surface area (Å²) < 4.78 is 33.4. The molecule has 1 aliphatic rings. The van der Waals surface area contributed by atoms with Crippen LogP contribution in [0, 0.1) is 0 Å². The maximum absolute atomic E-state index is 12.7. The predicted molar refractivity (Wildman–Crippen MR) is 134 cm³/mol. The van der Waals surface area contributed by atoms with E-state index in [1.165, 1.54) is 6.07 Å². The molecule has 2 N–H and O–H groups in total. The van der Waals surface area contributed by atoms with Gasteiger partial charge in [0.2, 0.25) is 0 Å². The number of anilines is 2. The molecule has 8 nitrogen and oxygen atoms in total. The minimum atomic E-state index is -3.60. The van der Waals surface area contributed by atoms with Crippen LogP contribution in [0.25, 0.3) is 0 Å². The van der Waals surface area contributed by atoms with Gasteiger partial charge in [-0.25, -0.2) is 4.79 Å². The number of hydrogen-bond acceptors (Lipinski definition) is 5. The highest BCUT2D eigenvalue weighted by molar-refractivity contribution is 7.94. The number of fused-ring (bicyclic) bond motifs is 1. The molecule has 0 aliphatic carbocycles. The number of carbonyl (C=O) groups is 2. The number of Topliss-reactive ketones (excluding diaryl/α,β-unsaturated/α-hetero) is 1. The van der Waals surface area contributed by atoms with Crippen LogP contribution in [0.2, 0.25) is 5.02 Å². The molecule has 0 saturated carbocycles. The van der Waals surface area contributed by atoms with Gasteiger partial charge in [0.25, 0.3) is 0 Å². The second kappa shape index (κ2) is 10.7. The van der Waals surface area contributed by atoms with Gasteiger partial charge < -0.3 is 9.64 Å². The van der Waals surface area contributed by atoms with Crippen LogP contribution in [0.15, 0.2) is 42.5 Å². The van der Waals surface area contributed by atoms with Gasteiger partial charge in [-0.3, -0.25) is 14.2 Å². The lowest BCUT2D eigenvalue weighted by Gasteiger charge is -2.27. The molecule has 3 rings (SSSR count). The Morgan fingerprint density at radius 1 is 1.00 bits per heavy atom. The van der Waals surface area contributed by atoms with Crippen LogP contribution in [-0.2, 0) is 21.4 Å². The minimum absolute atomic E-state index is 0.0891. The van der Waals surface area contributed by atoms with Crippen LogP contribution in [0.1, 0.15) is 56.0 Å². The van der Waals surface area contributed by atoms with E-state index in [-0.39, 0.29) is 12.2 Å². The maximum atomic E-state index is 12.7. The molecule has 1 heterocycles. The smallest absolute Gasteiger partial charge is 0.410 e. The summed E-state index contributed by atoms with van der Waals surface area (Å²) in [6.07, 6.45) is 1.67. The minimum Gasteiger partial charge on any atom is -0.444 e. The van der Waals surface area contributed by atoms with Gasteiger partial charge in [-0.15, -0.1) is 0 Å². The molecule has 2 aromatic carbocycles. The van der Waals surface area contributed by atoms with E-state index in [9.17, 15) is 18.0 Å². The van der Waals surface area contributed by atoms with Gasteiger partial charge in [0.05, 0.1) is 11.4 Å². The Morgan fingerprint density at radius 2 is 1.71 bits per heavy atom. The van der Waals surface area contributed by atoms with Gasteiger partial charge in [0.15, 0.2) is 5.78 Å². The third-order valence-corrected chi connectivity index (χ3v) is 6.52. The number of amides is 1. The molecule has 184 valence electrons. The number of rotatable bonds is 9. The van der Waals surface area contributed by atoms with E-state index in [1.54, 1.807) is 17.0 Å². The van der Waals surface area contributed by atoms with E-state index in [0.29, 0.717) is 54.3 Å². The molecule has 0 fully saturated rings. The Bertz CT molecular complexity index is 1160. The summed E-state index contributed by atoms with van der Waals surface area (Å²) >= 11 is 6.25. The number of ketones is 1. The van der Waals surface area contributed by atoms with Crippen molar-refractivity contribution < 1.29 is 22.7 Å². The average Bonchev–Trinajstić information content (AvgIpc) is 3.05. The lowest BCUT2D eigenvalue weighted by Crippen LogP contribution is -2.38. The van der Waals surface area contributed by atoms with Gasteiger partial charge >= 0.3 is 16.3 Å². The summed E-state index contributed by atoms with van der Waals surface area (Å²) in [4.78, 5) is 27.0. The van der Waals surface area contributed by atoms with Crippen LogP contribution in [0.5, 0.6) is 0 Å². The fraction of sp³-hybridized carbons (Fsp3) is 0.417. The standard InChI is InChI=1S/C24H30ClN3O5S/c1-24(2,3)33-23(30)28(15-13-17-8-4-5-9-19(17)25)14-7-6-10-22(29)18-11-12-20-21(16-18)27-34(31,32)26-20/h4-5,8-9,11-12,16,26-27H,6-7,10,13-15H2,1-3H3. The SMILES string of the molecule is CC(C)(C)OC(=O)N(CCCCC(=O)c1ccc2c(c1)NS(=O)(=O)N2)CCc1ccccc1Cl. The summed E-state index contributed by atoms with van der Waals surface area (Å²) in [5.41, 5.74) is 1.56. The molecule has 0 unspecified atom stereocenters. The number of nitrogens with zero attached hydrogens (tertiary/aromatic N) is 1. The van der Waals surface area contributed by atoms with E-state index in [2.05, 4.69) is 9.44 Å². The molecular weight excluding hydrogens is 478 g/mol. The lowest BCUT2D eigenvalue weighted by atomic mass is 10.0. The van der Waals surface area contributed by atoms with Gasteiger partial charge in [-0.05, 0) is 69.9 Å². The Kier molecular flexibility index (Phi) is 8.09. The Hall–Kier alpha value is -2.78. The summed E-state index contributed by atoms with van der Waals surface area (Å²) in [7, 11) is -3.60. The molecule has 1 aliphatic heterocycles. The van der Waals surface area contributed by atoms with Crippen molar-refractivity contribution in [3.8, 4) is 0 Å². The molecule has 0 bridgehead atoms. The number of halogens is 1. The largest absolute Gasteiger partial charge is 0.444 e. The monoisotopic (exact) mass is 507 g/mol. The first kappa shape index (κ1) is 25.8. The lowest BCUT2D eigenvalue weighted by molar-refractivity contribution is 0.0249. The highest BCUT2D eigenvalue weighted by Gasteiger charge is 2.24. The van der Waals surface area contributed by atoms with Crippen molar-refractivity contribution >= 4 is 45.1 Å². The first-order valence-corrected chi connectivity index (χ1v) is 13.0. The van der Waals surface area contributed by atoms with Gasteiger partial charge in [0, 0.05) is 30.1 Å². The normalized spacial score (nSPS) is 14.0. The van der Waals surface area contributed by atoms with Crippen molar-refractivity contribution in [1.29, 1.82) is 0 Å². The molecule has 0 atom stereocenters. The maximum Gasteiger partial charge on any atom is 0.410 e. The van der Waals surface area contributed by atoms with Crippen molar-refractivity contribution in [2.45, 2.75) is 52.1 Å². The fourth-order valence-corrected chi connectivity index (χ4v) is 4.72. The highest BCUT2D eigenvalue weighted by Crippen LogP contribution is 2.31. The van der Waals surface area contributed by atoms with E-state index in [1.807, 2.05) is 45.0 Å². The zero-order chi connectivity index (χ0) is 24.9. The molecule has 34 heavy (non-hydrogen) atoms. The number of hydrogen-bond donors (Lipinski definition) is 2.